The average molecular weight is 428 g/mol. The molecule has 9 nitrogen and oxygen atoms in total. The summed E-state index contributed by atoms with van der Waals surface area (Å²) in [5, 5.41) is 10.2. The Morgan fingerprint density at radius 1 is 0.806 bits per heavy atom. The molecule has 0 unspecified atom stereocenters. The van der Waals surface area contributed by atoms with Gasteiger partial charge in [0.25, 0.3) is 0 Å². The number of carbonyl (C=O) groups is 3. The third-order valence-electron chi connectivity index (χ3n) is 4.34. The molecule has 0 saturated carbocycles. The topological polar surface area (TPSA) is 129 Å². The highest BCUT2D eigenvalue weighted by molar-refractivity contribution is 5.96. The van der Waals surface area contributed by atoms with E-state index in [0.29, 0.717) is 0 Å². The second kappa shape index (κ2) is 8.86. The number of hydrogen-bond acceptors (Lipinski definition) is 9. The average Bonchev–Trinajstić information content (AvgIpc) is 2.73. The van der Waals surface area contributed by atoms with E-state index in [-0.39, 0.29) is 58.4 Å². The highest BCUT2D eigenvalue weighted by Crippen LogP contribution is 2.36. The number of ether oxygens (including phenoxy) is 3. The highest BCUT2D eigenvalue weighted by Gasteiger charge is 2.20. The monoisotopic (exact) mass is 428 g/mol. The molecular weight excluding hydrogens is 408 g/mol. The van der Waals surface area contributed by atoms with E-state index < -0.39 is 29.1 Å². The zero-order valence-electron chi connectivity index (χ0n) is 17.1. The van der Waals surface area contributed by atoms with Gasteiger partial charge in [-0.1, -0.05) is 20.8 Å². The molecule has 2 aromatic carbocycles. The number of phenols is 1. The van der Waals surface area contributed by atoms with Gasteiger partial charge in [-0.15, -0.1) is 0 Å². The Labute approximate surface area is 176 Å². The van der Waals surface area contributed by atoms with Gasteiger partial charge in [-0.05, 0) is 6.07 Å². The largest absolute Gasteiger partial charge is 0.507 e. The minimum atomic E-state index is -0.607. The number of phenolic OH excluding ortho intramolecular Hbond substituents is 1. The lowest BCUT2D eigenvalue weighted by molar-refractivity contribution is -0.136. The van der Waals surface area contributed by atoms with Crippen molar-refractivity contribution in [3.63, 3.8) is 0 Å². The van der Waals surface area contributed by atoms with E-state index in [0.717, 1.165) is 6.07 Å². The number of fused-ring (bicyclic) bond motifs is 2. The summed E-state index contributed by atoms with van der Waals surface area (Å²) in [6, 6.07) is 4.90. The van der Waals surface area contributed by atoms with E-state index in [1.165, 1.54) is 18.2 Å². The maximum atomic E-state index is 13.0. The van der Waals surface area contributed by atoms with Gasteiger partial charge in [-0.3, -0.25) is 19.2 Å². The normalized spacial score (nSPS) is 10.8. The molecule has 0 aliphatic rings. The van der Waals surface area contributed by atoms with Crippen LogP contribution in [0.5, 0.6) is 23.0 Å². The molecule has 31 heavy (non-hydrogen) atoms. The van der Waals surface area contributed by atoms with E-state index in [1.54, 1.807) is 20.8 Å². The Hall–Kier alpha value is -3.88. The first-order valence-corrected chi connectivity index (χ1v) is 9.66. The Bertz CT molecular complexity index is 1250. The van der Waals surface area contributed by atoms with Crippen LogP contribution in [-0.2, 0) is 14.4 Å². The van der Waals surface area contributed by atoms with Crippen LogP contribution in [-0.4, -0.2) is 23.0 Å². The van der Waals surface area contributed by atoms with Crippen molar-refractivity contribution >= 4 is 39.8 Å². The number of benzene rings is 2. The van der Waals surface area contributed by atoms with Crippen LogP contribution in [0.15, 0.2) is 33.5 Å². The van der Waals surface area contributed by atoms with Crippen molar-refractivity contribution < 1.29 is 38.1 Å². The first-order chi connectivity index (χ1) is 14.8. The maximum absolute atomic E-state index is 13.0. The molecule has 0 atom stereocenters. The second-order valence-corrected chi connectivity index (χ2v) is 6.52. The summed E-state index contributed by atoms with van der Waals surface area (Å²) in [6.45, 7) is 4.79. The number of carbonyl (C=O) groups excluding carboxylic acids is 3. The van der Waals surface area contributed by atoms with Gasteiger partial charge in [0, 0.05) is 37.5 Å². The maximum Gasteiger partial charge on any atom is 0.311 e. The predicted molar refractivity (Wildman–Crippen MR) is 109 cm³/mol. The molecule has 0 saturated heterocycles. The van der Waals surface area contributed by atoms with Crippen LogP contribution in [0.25, 0.3) is 21.9 Å². The quantitative estimate of drug-likeness (QED) is 0.355. The highest BCUT2D eigenvalue weighted by atomic mass is 16.6. The Morgan fingerprint density at radius 2 is 1.35 bits per heavy atom. The van der Waals surface area contributed by atoms with Gasteiger partial charge in [0.05, 0.1) is 5.39 Å². The molecule has 1 aromatic heterocycles. The molecule has 0 fully saturated rings. The van der Waals surface area contributed by atoms with Crippen LogP contribution < -0.4 is 19.6 Å². The van der Waals surface area contributed by atoms with E-state index in [1.807, 2.05) is 0 Å². The van der Waals surface area contributed by atoms with Crippen LogP contribution in [0.4, 0.5) is 0 Å². The van der Waals surface area contributed by atoms with Crippen molar-refractivity contribution in [2.75, 3.05) is 0 Å². The van der Waals surface area contributed by atoms with Gasteiger partial charge in [0.15, 0.2) is 11.5 Å². The van der Waals surface area contributed by atoms with E-state index in [9.17, 15) is 24.3 Å². The summed E-state index contributed by atoms with van der Waals surface area (Å²) in [6.07, 6.45) is 0.248. The minimum Gasteiger partial charge on any atom is -0.507 e. The molecule has 0 aliphatic carbocycles. The molecule has 0 aliphatic heterocycles. The fourth-order valence-electron chi connectivity index (χ4n) is 2.75. The Balaban J connectivity index is 2.25. The fraction of sp³-hybridized carbons (Fsp3) is 0.273. The van der Waals surface area contributed by atoms with Crippen molar-refractivity contribution in [3.8, 4) is 23.0 Å². The van der Waals surface area contributed by atoms with Gasteiger partial charge < -0.3 is 23.7 Å². The first-order valence-electron chi connectivity index (χ1n) is 9.66. The molecule has 0 bridgehead atoms. The molecule has 0 amide bonds. The van der Waals surface area contributed by atoms with Gasteiger partial charge in [-0.2, -0.15) is 0 Å². The molecule has 3 rings (SSSR count). The van der Waals surface area contributed by atoms with Gasteiger partial charge >= 0.3 is 17.9 Å². The smallest absolute Gasteiger partial charge is 0.311 e. The zero-order chi connectivity index (χ0) is 22.7. The lowest BCUT2D eigenvalue weighted by atomic mass is 10.1. The molecule has 0 spiro atoms. The van der Waals surface area contributed by atoms with Crippen molar-refractivity contribution in [2.45, 2.75) is 40.0 Å². The Kier molecular flexibility index (Phi) is 6.24. The van der Waals surface area contributed by atoms with Crippen molar-refractivity contribution in [1.82, 2.24) is 0 Å². The molecule has 162 valence electrons. The number of aromatic hydroxyl groups is 1. The van der Waals surface area contributed by atoms with Crippen LogP contribution in [0, 0.1) is 0 Å². The molecule has 3 aromatic rings. The minimum absolute atomic E-state index is 0.00342. The molecule has 9 heteroatoms. The summed E-state index contributed by atoms with van der Waals surface area (Å²) in [4.78, 5) is 48.1. The van der Waals surface area contributed by atoms with Crippen LogP contribution in [0.3, 0.4) is 0 Å². The van der Waals surface area contributed by atoms with Crippen molar-refractivity contribution in [3.05, 3.63) is 34.5 Å². The Morgan fingerprint density at radius 3 is 1.94 bits per heavy atom. The third-order valence-corrected chi connectivity index (χ3v) is 4.34. The third kappa shape index (κ3) is 4.50. The molecular formula is C22H20O9. The molecule has 1 N–H and O–H groups in total. The predicted octanol–water partition coefficient (Wildman–Crippen LogP) is 3.60. The summed E-state index contributed by atoms with van der Waals surface area (Å²) in [5.74, 6) is -2.36. The lowest BCUT2D eigenvalue weighted by Crippen LogP contribution is -2.12. The summed E-state index contributed by atoms with van der Waals surface area (Å²) >= 11 is 0. The van der Waals surface area contributed by atoms with Crippen molar-refractivity contribution in [2.24, 2.45) is 0 Å². The van der Waals surface area contributed by atoms with Crippen LogP contribution >= 0.6 is 0 Å². The SMILES string of the molecule is CCC(=O)Oc1cc(O)c2c(=O)c3cc(OC(=O)CC)c(OC(=O)CC)cc3oc2c1. The van der Waals surface area contributed by atoms with Crippen molar-refractivity contribution in [1.29, 1.82) is 0 Å². The standard InChI is InChI=1S/C22H20O9/c1-4-18(24)28-11-7-13(23)21-17(8-11)29-14-10-16(31-20(26)6-3)15(30-19(25)5-2)9-12(14)22(21)27/h7-10,23H,4-6H2,1-3H3. The number of hydrogen-bond donors (Lipinski definition) is 1. The summed E-state index contributed by atoms with van der Waals surface area (Å²) < 4.78 is 21.2. The van der Waals surface area contributed by atoms with E-state index in [2.05, 4.69) is 0 Å². The molecule has 1 heterocycles. The van der Waals surface area contributed by atoms with E-state index in [4.69, 9.17) is 18.6 Å². The van der Waals surface area contributed by atoms with Crippen LogP contribution in [0.1, 0.15) is 40.0 Å². The fourth-order valence-corrected chi connectivity index (χ4v) is 2.75. The van der Waals surface area contributed by atoms with Crippen LogP contribution in [0.2, 0.25) is 0 Å². The number of esters is 3. The number of rotatable bonds is 6. The summed E-state index contributed by atoms with van der Waals surface area (Å²) in [7, 11) is 0. The zero-order valence-corrected chi connectivity index (χ0v) is 17.1. The van der Waals surface area contributed by atoms with E-state index >= 15 is 0 Å². The van der Waals surface area contributed by atoms with Gasteiger partial charge in [0.2, 0.25) is 5.43 Å². The lowest BCUT2D eigenvalue weighted by Gasteiger charge is -2.12. The van der Waals surface area contributed by atoms with Gasteiger partial charge in [-0.25, -0.2) is 0 Å². The second-order valence-electron chi connectivity index (χ2n) is 6.52. The van der Waals surface area contributed by atoms with Gasteiger partial charge in [0.1, 0.15) is 28.1 Å². The molecule has 0 radical (unpaired) electrons. The summed E-state index contributed by atoms with van der Waals surface area (Å²) in [5.41, 5.74) is -0.627. The first kappa shape index (κ1) is 21.8.